The van der Waals surface area contributed by atoms with E-state index in [-0.39, 0.29) is 18.3 Å². The summed E-state index contributed by atoms with van der Waals surface area (Å²) in [5.41, 5.74) is 0.694. The SMILES string of the molecule is CCn1c(COc2ccc(Cl)cc2)nnc1SCC(=O)Nc1ccc(Oc2ccccc2)cc1. The minimum atomic E-state index is -0.133. The molecule has 0 bridgehead atoms. The van der Waals surface area contributed by atoms with Crippen LogP contribution in [0, 0.1) is 0 Å². The molecule has 1 amide bonds. The van der Waals surface area contributed by atoms with Crippen molar-refractivity contribution in [2.75, 3.05) is 11.1 Å². The van der Waals surface area contributed by atoms with Crippen LogP contribution in [0.4, 0.5) is 5.69 Å². The molecule has 4 aromatic rings. The molecule has 0 aliphatic heterocycles. The lowest BCUT2D eigenvalue weighted by atomic mass is 10.3. The number of ether oxygens (including phenoxy) is 2. The molecule has 1 heterocycles. The van der Waals surface area contributed by atoms with E-state index in [1.807, 2.05) is 66.1 Å². The molecule has 1 aromatic heterocycles. The predicted molar refractivity (Wildman–Crippen MR) is 134 cm³/mol. The number of benzene rings is 3. The third kappa shape index (κ3) is 6.52. The predicted octanol–water partition coefficient (Wildman–Crippen LogP) is 6.05. The van der Waals surface area contributed by atoms with Crippen molar-refractivity contribution in [2.45, 2.75) is 25.2 Å². The molecule has 0 saturated carbocycles. The molecule has 0 radical (unpaired) electrons. The maximum atomic E-state index is 12.5. The van der Waals surface area contributed by atoms with Gasteiger partial charge in [0, 0.05) is 17.3 Å². The Hall–Kier alpha value is -3.49. The Morgan fingerprint density at radius 2 is 1.62 bits per heavy atom. The van der Waals surface area contributed by atoms with Crippen molar-refractivity contribution < 1.29 is 14.3 Å². The summed E-state index contributed by atoms with van der Waals surface area (Å²) >= 11 is 7.23. The summed E-state index contributed by atoms with van der Waals surface area (Å²) in [5.74, 6) is 2.92. The van der Waals surface area contributed by atoms with Crippen LogP contribution in [-0.4, -0.2) is 26.4 Å². The molecule has 0 fully saturated rings. The van der Waals surface area contributed by atoms with Crippen LogP contribution in [0.5, 0.6) is 17.2 Å². The molecule has 0 unspecified atom stereocenters. The zero-order chi connectivity index (χ0) is 23.8. The third-order valence-electron chi connectivity index (χ3n) is 4.74. The lowest BCUT2D eigenvalue weighted by molar-refractivity contribution is -0.113. The number of hydrogen-bond acceptors (Lipinski definition) is 6. The highest BCUT2D eigenvalue weighted by Gasteiger charge is 2.14. The molecule has 0 aliphatic rings. The van der Waals surface area contributed by atoms with Gasteiger partial charge in [0.1, 0.15) is 23.9 Å². The average molecular weight is 495 g/mol. The fourth-order valence-electron chi connectivity index (χ4n) is 3.09. The molecule has 34 heavy (non-hydrogen) atoms. The lowest BCUT2D eigenvalue weighted by Gasteiger charge is -2.09. The summed E-state index contributed by atoms with van der Waals surface area (Å²) in [6.45, 7) is 2.93. The van der Waals surface area contributed by atoms with E-state index >= 15 is 0 Å². The van der Waals surface area contributed by atoms with Gasteiger partial charge in [-0.25, -0.2) is 0 Å². The summed E-state index contributed by atoms with van der Waals surface area (Å²) in [7, 11) is 0. The number of amides is 1. The lowest BCUT2D eigenvalue weighted by Crippen LogP contribution is -2.14. The normalized spacial score (nSPS) is 10.6. The number of carbonyl (C=O) groups is 1. The van der Waals surface area contributed by atoms with Gasteiger partial charge in [0.25, 0.3) is 0 Å². The van der Waals surface area contributed by atoms with E-state index in [1.54, 1.807) is 24.3 Å². The van der Waals surface area contributed by atoms with Crippen molar-refractivity contribution in [3.63, 3.8) is 0 Å². The monoisotopic (exact) mass is 494 g/mol. The summed E-state index contributed by atoms with van der Waals surface area (Å²) in [6, 6.07) is 23.9. The van der Waals surface area contributed by atoms with Crippen molar-refractivity contribution in [1.82, 2.24) is 14.8 Å². The Bertz CT molecular complexity index is 1220. The number of halogens is 1. The second kappa shape index (κ2) is 11.6. The Morgan fingerprint density at radius 3 is 2.32 bits per heavy atom. The number of thioether (sulfide) groups is 1. The van der Waals surface area contributed by atoms with E-state index in [0.717, 1.165) is 5.75 Å². The van der Waals surface area contributed by atoms with Gasteiger partial charge in [0.15, 0.2) is 11.0 Å². The van der Waals surface area contributed by atoms with Crippen LogP contribution in [0.2, 0.25) is 5.02 Å². The van der Waals surface area contributed by atoms with Crippen LogP contribution < -0.4 is 14.8 Å². The van der Waals surface area contributed by atoms with Crippen LogP contribution in [0.1, 0.15) is 12.7 Å². The Labute approximate surface area is 207 Å². The van der Waals surface area contributed by atoms with Gasteiger partial charge >= 0.3 is 0 Å². The average Bonchev–Trinajstić information content (AvgIpc) is 3.26. The van der Waals surface area contributed by atoms with Gasteiger partial charge in [-0.2, -0.15) is 0 Å². The molecule has 174 valence electrons. The summed E-state index contributed by atoms with van der Waals surface area (Å²) in [6.07, 6.45) is 0. The number of nitrogens with zero attached hydrogens (tertiary/aromatic N) is 3. The van der Waals surface area contributed by atoms with Crippen LogP contribution >= 0.6 is 23.4 Å². The van der Waals surface area contributed by atoms with Crippen molar-refractivity contribution in [3.8, 4) is 17.2 Å². The minimum Gasteiger partial charge on any atom is -0.486 e. The van der Waals surface area contributed by atoms with E-state index in [0.29, 0.717) is 39.7 Å². The van der Waals surface area contributed by atoms with Gasteiger partial charge in [0.05, 0.1) is 5.75 Å². The fraction of sp³-hybridized carbons (Fsp3) is 0.160. The fourth-order valence-corrected chi connectivity index (χ4v) is 4.03. The molecule has 3 aromatic carbocycles. The summed E-state index contributed by atoms with van der Waals surface area (Å²) in [5, 5.41) is 12.6. The molecule has 1 N–H and O–H groups in total. The zero-order valence-electron chi connectivity index (χ0n) is 18.5. The molecular weight excluding hydrogens is 472 g/mol. The van der Waals surface area contributed by atoms with Gasteiger partial charge < -0.3 is 19.4 Å². The first-order valence-corrected chi connectivity index (χ1v) is 12.0. The number of nitrogens with one attached hydrogen (secondary N) is 1. The van der Waals surface area contributed by atoms with E-state index in [9.17, 15) is 4.79 Å². The highest BCUT2D eigenvalue weighted by Crippen LogP contribution is 2.23. The quantitative estimate of drug-likeness (QED) is 0.270. The minimum absolute atomic E-state index is 0.133. The first kappa shape index (κ1) is 23.7. The molecule has 9 heteroatoms. The number of aromatic nitrogens is 3. The molecule has 0 atom stereocenters. The maximum Gasteiger partial charge on any atom is 0.234 e. The van der Waals surface area contributed by atoms with Gasteiger partial charge in [-0.3, -0.25) is 4.79 Å². The standard InChI is InChI=1S/C25H23ClN4O3S/c1-2-30-23(16-32-20-12-8-18(26)9-13-20)28-29-25(30)34-17-24(31)27-19-10-14-22(15-11-19)33-21-6-4-3-5-7-21/h3-15H,2,16-17H2,1H3,(H,27,31). The Balaban J connectivity index is 1.28. The van der Waals surface area contributed by atoms with E-state index in [4.69, 9.17) is 21.1 Å². The van der Waals surface area contributed by atoms with Crippen molar-refractivity contribution in [3.05, 3.63) is 89.7 Å². The van der Waals surface area contributed by atoms with Gasteiger partial charge in [-0.15, -0.1) is 10.2 Å². The zero-order valence-corrected chi connectivity index (χ0v) is 20.1. The van der Waals surface area contributed by atoms with Gasteiger partial charge in [0.2, 0.25) is 5.91 Å². The Kier molecular flexibility index (Phi) is 8.06. The van der Waals surface area contributed by atoms with E-state index in [1.165, 1.54) is 11.8 Å². The highest BCUT2D eigenvalue weighted by atomic mass is 35.5. The third-order valence-corrected chi connectivity index (χ3v) is 5.96. The number of para-hydroxylation sites is 1. The van der Waals surface area contributed by atoms with E-state index < -0.39 is 0 Å². The summed E-state index contributed by atoms with van der Waals surface area (Å²) in [4.78, 5) is 12.5. The molecule has 7 nitrogen and oxygen atoms in total. The molecular formula is C25H23ClN4O3S. The molecule has 0 spiro atoms. The number of anilines is 1. The van der Waals surface area contributed by atoms with E-state index in [2.05, 4.69) is 15.5 Å². The number of hydrogen-bond donors (Lipinski definition) is 1. The highest BCUT2D eigenvalue weighted by molar-refractivity contribution is 7.99. The molecule has 0 saturated heterocycles. The van der Waals surface area contributed by atoms with Crippen LogP contribution in [0.3, 0.4) is 0 Å². The number of rotatable bonds is 10. The van der Waals surface area contributed by atoms with Crippen molar-refractivity contribution in [1.29, 1.82) is 0 Å². The second-order valence-electron chi connectivity index (χ2n) is 7.16. The largest absolute Gasteiger partial charge is 0.486 e. The Morgan fingerprint density at radius 1 is 0.941 bits per heavy atom. The molecule has 0 aliphatic carbocycles. The maximum absolute atomic E-state index is 12.5. The van der Waals surface area contributed by atoms with Crippen molar-refractivity contribution >= 4 is 35.0 Å². The van der Waals surface area contributed by atoms with Crippen molar-refractivity contribution in [2.24, 2.45) is 0 Å². The first-order chi connectivity index (χ1) is 16.6. The first-order valence-electron chi connectivity index (χ1n) is 10.7. The molecule has 4 rings (SSSR count). The van der Waals surface area contributed by atoms with Crippen LogP contribution in [0.15, 0.2) is 84.0 Å². The van der Waals surface area contributed by atoms with Gasteiger partial charge in [-0.05, 0) is 67.6 Å². The van der Waals surface area contributed by atoms with Crippen LogP contribution in [0.25, 0.3) is 0 Å². The second-order valence-corrected chi connectivity index (χ2v) is 8.54. The topological polar surface area (TPSA) is 78.3 Å². The summed E-state index contributed by atoms with van der Waals surface area (Å²) < 4.78 is 13.5. The smallest absolute Gasteiger partial charge is 0.234 e. The van der Waals surface area contributed by atoms with Gasteiger partial charge in [-0.1, -0.05) is 41.6 Å². The van der Waals surface area contributed by atoms with Crippen LogP contribution in [-0.2, 0) is 17.9 Å². The number of carbonyl (C=O) groups excluding carboxylic acids is 1.